The number of nitrogens with zero attached hydrogens (tertiary/aromatic N) is 1. The summed E-state index contributed by atoms with van der Waals surface area (Å²) < 4.78 is 6.99. The number of benzene rings is 3. The number of hydrogen-bond donors (Lipinski definition) is 1. The summed E-state index contributed by atoms with van der Waals surface area (Å²) in [5, 5.41) is 7.31. The summed E-state index contributed by atoms with van der Waals surface area (Å²) >= 11 is 8.12. The molecule has 150 valence electrons. The molecule has 0 radical (unpaired) electrons. The van der Waals surface area contributed by atoms with Crippen molar-refractivity contribution in [3.05, 3.63) is 100 Å². The Morgan fingerprint density at radius 1 is 1.00 bits per heavy atom. The van der Waals surface area contributed by atoms with Crippen LogP contribution in [0.4, 0.5) is 10.8 Å². The number of hydrogen-bond acceptors (Lipinski definition) is 4. The third kappa shape index (κ3) is 4.37. The van der Waals surface area contributed by atoms with Gasteiger partial charge in [-0.05, 0) is 42.0 Å². The molecule has 0 saturated carbocycles. The van der Waals surface area contributed by atoms with Gasteiger partial charge in [0, 0.05) is 10.9 Å². The first-order valence-electron chi connectivity index (χ1n) is 9.41. The van der Waals surface area contributed by atoms with E-state index in [9.17, 15) is 4.79 Å². The number of nitrogens with one attached hydrogen (secondary N) is 1. The van der Waals surface area contributed by atoms with Crippen molar-refractivity contribution in [2.24, 2.45) is 0 Å². The lowest BCUT2D eigenvalue weighted by Gasteiger charge is -2.08. The van der Waals surface area contributed by atoms with Crippen LogP contribution in [0.2, 0.25) is 5.02 Å². The van der Waals surface area contributed by atoms with Crippen molar-refractivity contribution in [1.82, 2.24) is 0 Å². The van der Waals surface area contributed by atoms with Crippen LogP contribution >= 0.6 is 22.9 Å². The molecule has 1 heterocycles. The zero-order valence-corrected chi connectivity index (χ0v) is 17.9. The fourth-order valence-corrected chi connectivity index (χ4v) is 4.35. The molecule has 0 atom stereocenters. The molecule has 0 fully saturated rings. The van der Waals surface area contributed by atoms with Gasteiger partial charge in [-0.1, -0.05) is 65.4 Å². The predicted molar refractivity (Wildman–Crippen MR) is 122 cm³/mol. The fourth-order valence-electron chi connectivity index (χ4n) is 3.17. The molecule has 4 aromatic rings. The van der Waals surface area contributed by atoms with E-state index in [1.165, 1.54) is 7.11 Å². The quantitative estimate of drug-likeness (QED) is 0.301. The first-order chi connectivity index (χ1) is 14.7. The molecule has 1 N–H and O–H groups in total. The largest absolute Gasteiger partial charge is 0.465 e. The summed E-state index contributed by atoms with van der Waals surface area (Å²) in [6, 6.07) is 25.3. The maximum absolute atomic E-state index is 11.7. The van der Waals surface area contributed by atoms with Gasteiger partial charge < -0.3 is 4.74 Å². The van der Waals surface area contributed by atoms with Gasteiger partial charge in [0.1, 0.15) is 17.9 Å². The maximum Gasteiger partial charge on any atom is 0.339 e. The van der Waals surface area contributed by atoms with Gasteiger partial charge in [-0.3, -0.25) is 0 Å². The number of esters is 1. The number of halogens is 1. The summed E-state index contributed by atoms with van der Waals surface area (Å²) in [6.45, 7) is 0.626. The molecular weight excluding hydrogens is 416 g/mol. The summed E-state index contributed by atoms with van der Waals surface area (Å²) in [5.74, 6) is -0.340. The van der Waals surface area contributed by atoms with Crippen molar-refractivity contribution in [1.29, 1.82) is 0 Å². The zero-order chi connectivity index (χ0) is 20.9. The molecule has 0 aliphatic rings. The van der Waals surface area contributed by atoms with Gasteiger partial charge in [0.15, 0.2) is 0 Å². The van der Waals surface area contributed by atoms with Crippen LogP contribution in [0.5, 0.6) is 0 Å². The lowest BCUT2D eigenvalue weighted by atomic mass is 10.1. The second-order valence-corrected chi connectivity index (χ2v) is 7.94. The summed E-state index contributed by atoms with van der Waals surface area (Å²) in [4.78, 5) is 11.7. The van der Waals surface area contributed by atoms with Crippen LogP contribution in [0.15, 0.2) is 84.2 Å². The Labute approximate surface area is 184 Å². The Kier molecular flexibility index (Phi) is 6.12. The predicted octanol–water partition coefficient (Wildman–Crippen LogP) is 5.93. The number of rotatable bonds is 6. The second-order valence-electron chi connectivity index (χ2n) is 6.67. The smallest absolute Gasteiger partial charge is 0.339 e. The minimum atomic E-state index is -0.340. The van der Waals surface area contributed by atoms with Gasteiger partial charge in [0.25, 0.3) is 0 Å². The van der Waals surface area contributed by atoms with Crippen LogP contribution in [-0.2, 0) is 11.3 Å². The van der Waals surface area contributed by atoms with E-state index in [0.717, 1.165) is 27.6 Å². The van der Waals surface area contributed by atoms with Gasteiger partial charge in [0.05, 0.1) is 17.7 Å². The third-order valence-electron chi connectivity index (χ3n) is 4.71. The summed E-state index contributed by atoms with van der Waals surface area (Å²) in [6.07, 6.45) is 0. The minimum Gasteiger partial charge on any atom is -0.465 e. The normalized spacial score (nSPS) is 10.6. The molecule has 6 heteroatoms. The highest BCUT2D eigenvalue weighted by molar-refractivity contribution is 7.13. The first-order valence-corrected chi connectivity index (χ1v) is 10.7. The Morgan fingerprint density at radius 2 is 1.70 bits per heavy atom. The molecule has 0 spiro atoms. The number of ether oxygens (including phenoxy) is 1. The molecule has 30 heavy (non-hydrogen) atoms. The van der Waals surface area contributed by atoms with E-state index in [0.29, 0.717) is 17.1 Å². The molecule has 0 amide bonds. The molecule has 0 bridgehead atoms. The van der Waals surface area contributed by atoms with E-state index in [2.05, 4.69) is 15.3 Å². The van der Waals surface area contributed by atoms with Crippen LogP contribution in [0.25, 0.3) is 11.3 Å². The van der Waals surface area contributed by atoms with Crippen molar-refractivity contribution in [3.63, 3.8) is 0 Å². The van der Waals surface area contributed by atoms with Gasteiger partial charge in [0.2, 0.25) is 0 Å². The molecule has 0 aliphatic carbocycles. The number of thiazole rings is 1. The van der Waals surface area contributed by atoms with Crippen LogP contribution in [0, 0.1) is 0 Å². The third-order valence-corrected chi connectivity index (χ3v) is 5.93. The molecule has 0 aliphatic heterocycles. The molecule has 0 saturated heterocycles. The maximum atomic E-state index is 11.7. The van der Waals surface area contributed by atoms with Crippen LogP contribution in [0.1, 0.15) is 15.9 Å². The Balaban J connectivity index is 1.72. The zero-order valence-electron chi connectivity index (χ0n) is 16.3. The van der Waals surface area contributed by atoms with E-state index < -0.39 is 0 Å². The second kappa shape index (κ2) is 9.11. The topological polar surface area (TPSA) is 42.2 Å². The number of carbonyl (C=O) groups is 1. The van der Waals surface area contributed by atoms with Gasteiger partial charge >= 0.3 is 11.1 Å². The molecule has 3 aromatic carbocycles. The van der Waals surface area contributed by atoms with Crippen LogP contribution in [0.3, 0.4) is 0 Å². The van der Waals surface area contributed by atoms with E-state index in [1.807, 2.05) is 66.7 Å². The lowest BCUT2D eigenvalue weighted by Crippen LogP contribution is -2.37. The number of anilines is 2. The highest BCUT2D eigenvalue weighted by Crippen LogP contribution is 2.30. The molecule has 0 unspecified atom stereocenters. The first kappa shape index (κ1) is 20.1. The van der Waals surface area contributed by atoms with E-state index in [1.54, 1.807) is 23.5 Å². The minimum absolute atomic E-state index is 0.340. The fraction of sp³-hybridized carbons (Fsp3) is 0.0833. The SMILES string of the molecule is COC(=O)c1ccc(C[n+]2c(-c3ccccc3Cl)csc2Nc2ccccc2)cc1. The Morgan fingerprint density at radius 3 is 2.40 bits per heavy atom. The molecule has 1 aromatic heterocycles. The van der Waals surface area contributed by atoms with Crippen LogP contribution in [-0.4, -0.2) is 13.1 Å². The van der Waals surface area contributed by atoms with E-state index in [4.69, 9.17) is 16.3 Å². The van der Waals surface area contributed by atoms with Crippen molar-refractivity contribution in [3.8, 4) is 11.3 Å². The van der Waals surface area contributed by atoms with Gasteiger partial charge in [-0.25, -0.2) is 14.7 Å². The standard InChI is InChI=1S/C24H19ClN2O2S/c1-29-23(28)18-13-11-17(12-14-18)15-27-22(20-9-5-6-10-21(20)25)16-30-24(27)26-19-7-3-2-4-8-19/h2-14,16H,15H2,1H3/p+1. The van der Waals surface area contributed by atoms with Crippen molar-refractivity contribution < 1.29 is 14.1 Å². The van der Waals surface area contributed by atoms with Crippen molar-refractivity contribution in [2.45, 2.75) is 6.54 Å². The highest BCUT2D eigenvalue weighted by Gasteiger charge is 2.21. The molecule has 4 rings (SSSR count). The van der Waals surface area contributed by atoms with Crippen molar-refractivity contribution >= 4 is 39.7 Å². The molecular formula is C24H20ClN2O2S+. The van der Waals surface area contributed by atoms with E-state index >= 15 is 0 Å². The number of aromatic nitrogens is 1. The van der Waals surface area contributed by atoms with Gasteiger partial charge in [-0.2, -0.15) is 0 Å². The average Bonchev–Trinajstić information content (AvgIpc) is 3.16. The monoisotopic (exact) mass is 435 g/mol. The van der Waals surface area contributed by atoms with Crippen LogP contribution < -0.4 is 9.88 Å². The van der Waals surface area contributed by atoms with Crippen molar-refractivity contribution in [2.75, 3.05) is 12.4 Å². The van der Waals surface area contributed by atoms with Gasteiger partial charge in [-0.15, -0.1) is 0 Å². The summed E-state index contributed by atoms with van der Waals surface area (Å²) in [5.41, 5.74) is 4.62. The molecule has 4 nitrogen and oxygen atoms in total. The Bertz CT molecular complexity index is 1160. The summed E-state index contributed by atoms with van der Waals surface area (Å²) in [7, 11) is 1.38. The number of carbonyl (C=O) groups excluding carboxylic acids is 1. The number of para-hydroxylation sites is 1. The van der Waals surface area contributed by atoms with E-state index in [-0.39, 0.29) is 5.97 Å². The Hall–Kier alpha value is -3.15. The highest BCUT2D eigenvalue weighted by atomic mass is 35.5. The lowest BCUT2D eigenvalue weighted by molar-refractivity contribution is -0.659. The average molecular weight is 436 g/mol. The number of methoxy groups -OCH3 is 1.